The lowest BCUT2D eigenvalue weighted by atomic mass is 9.61. The van der Waals surface area contributed by atoms with Crippen LogP contribution in [-0.2, 0) is 0 Å². The highest BCUT2D eigenvalue weighted by Crippen LogP contribution is 2.47. The summed E-state index contributed by atoms with van der Waals surface area (Å²) >= 11 is 0. The molecule has 0 atom stereocenters. The smallest absolute Gasteiger partial charge is 0.0251 e. The summed E-state index contributed by atoms with van der Waals surface area (Å²) in [7, 11) is 0. The number of hydrogen-bond donors (Lipinski definition) is 0. The molecule has 86 valence electrons. The number of rotatable bonds is 2. The molecule has 0 heterocycles. The fourth-order valence-electron chi connectivity index (χ4n) is 3.03. The highest BCUT2D eigenvalue weighted by atomic mass is 14.4. The molecule has 0 aromatic carbocycles. The van der Waals surface area contributed by atoms with Crippen LogP contribution in [-0.4, -0.2) is 0 Å². The second-order valence-electron chi connectivity index (χ2n) is 5.10. The molecule has 0 aliphatic heterocycles. The second kappa shape index (κ2) is 6.48. The van der Waals surface area contributed by atoms with Gasteiger partial charge in [-0.05, 0) is 30.1 Å². The van der Waals surface area contributed by atoms with Crippen LogP contribution in [0.2, 0.25) is 0 Å². The van der Waals surface area contributed by atoms with E-state index in [2.05, 4.69) is 27.7 Å². The highest BCUT2D eigenvalue weighted by Gasteiger charge is 2.37. The number of hydrogen-bond acceptors (Lipinski definition) is 0. The van der Waals surface area contributed by atoms with Crippen LogP contribution < -0.4 is 0 Å². The van der Waals surface area contributed by atoms with Crippen molar-refractivity contribution < 1.29 is 0 Å². The molecule has 1 rings (SSSR count). The van der Waals surface area contributed by atoms with Crippen LogP contribution in [0.5, 0.6) is 0 Å². The molecule has 0 aromatic heterocycles. The van der Waals surface area contributed by atoms with Crippen LogP contribution in [0, 0.1) is 17.3 Å². The van der Waals surface area contributed by atoms with Crippen molar-refractivity contribution >= 4 is 0 Å². The summed E-state index contributed by atoms with van der Waals surface area (Å²) in [4.78, 5) is 0. The van der Waals surface area contributed by atoms with E-state index in [-0.39, 0.29) is 0 Å². The Labute approximate surface area is 91.5 Å². The van der Waals surface area contributed by atoms with Gasteiger partial charge in [0, 0.05) is 0 Å². The Morgan fingerprint density at radius 2 is 1.07 bits per heavy atom. The topological polar surface area (TPSA) is 0 Å². The van der Waals surface area contributed by atoms with Crippen LogP contribution in [0.3, 0.4) is 0 Å². The first-order valence-corrected chi connectivity index (χ1v) is 6.59. The molecule has 0 heteroatoms. The first-order valence-electron chi connectivity index (χ1n) is 6.59. The van der Waals surface area contributed by atoms with Gasteiger partial charge in [0.2, 0.25) is 0 Å². The molecule has 1 saturated carbocycles. The van der Waals surface area contributed by atoms with Gasteiger partial charge in [0.25, 0.3) is 0 Å². The molecule has 14 heavy (non-hydrogen) atoms. The highest BCUT2D eigenvalue weighted by molar-refractivity contribution is 4.87. The van der Waals surface area contributed by atoms with E-state index in [0.717, 1.165) is 11.8 Å². The van der Waals surface area contributed by atoms with Crippen LogP contribution in [0.15, 0.2) is 0 Å². The Balaban J connectivity index is 0.000000791. The summed E-state index contributed by atoms with van der Waals surface area (Å²) in [5.74, 6) is 1.75. The van der Waals surface area contributed by atoms with Crippen molar-refractivity contribution in [2.45, 2.75) is 73.6 Å². The largest absolute Gasteiger partial charge is 0.0683 e. The molecule has 0 N–H and O–H groups in total. The molecule has 0 bridgehead atoms. The van der Waals surface area contributed by atoms with E-state index >= 15 is 0 Å². The molecular formula is C14H30. The summed E-state index contributed by atoms with van der Waals surface area (Å²) in [6, 6.07) is 0. The van der Waals surface area contributed by atoms with Crippen molar-refractivity contribution in [2.24, 2.45) is 17.3 Å². The zero-order chi connectivity index (χ0) is 11.2. The van der Waals surface area contributed by atoms with Gasteiger partial charge >= 0.3 is 0 Å². The normalized spacial score (nSPS) is 20.6. The zero-order valence-electron chi connectivity index (χ0n) is 11.2. The third-order valence-electron chi connectivity index (χ3n) is 4.08. The Kier molecular flexibility index (Phi) is 6.48. The van der Waals surface area contributed by atoms with Gasteiger partial charge in [0.05, 0.1) is 0 Å². The van der Waals surface area contributed by atoms with Crippen LogP contribution in [0.1, 0.15) is 73.6 Å². The van der Waals surface area contributed by atoms with Gasteiger partial charge in [0.15, 0.2) is 0 Å². The Morgan fingerprint density at radius 3 is 1.29 bits per heavy atom. The fraction of sp³-hybridized carbons (Fsp3) is 1.00. The van der Waals surface area contributed by atoms with Crippen molar-refractivity contribution in [2.75, 3.05) is 0 Å². The van der Waals surface area contributed by atoms with E-state index in [9.17, 15) is 0 Å². The summed E-state index contributed by atoms with van der Waals surface area (Å²) in [5.41, 5.74) is 0.679. The molecule has 1 aliphatic rings. The lowest BCUT2D eigenvalue weighted by Crippen LogP contribution is -2.35. The van der Waals surface area contributed by atoms with E-state index in [1.165, 1.54) is 32.1 Å². The standard InChI is InChI=1S/C12H24.C2H6/c1-10(2)12(11(3)4)8-6-5-7-9-12;1-2/h10-11H,5-9H2,1-4H3;1-2H3. The molecule has 1 fully saturated rings. The molecule has 0 spiro atoms. The lowest BCUT2D eigenvalue weighted by molar-refractivity contribution is 0.0587. The third-order valence-corrected chi connectivity index (χ3v) is 4.08. The summed E-state index contributed by atoms with van der Waals surface area (Å²) < 4.78 is 0. The Morgan fingerprint density at radius 1 is 0.714 bits per heavy atom. The molecule has 0 amide bonds. The minimum absolute atomic E-state index is 0.679. The second-order valence-corrected chi connectivity index (χ2v) is 5.10. The van der Waals surface area contributed by atoms with Gasteiger partial charge in [-0.3, -0.25) is 0 Å². The van der Waals surface area contributed by atoms with Gasteiger partial charge in [0.1, 0.15) is 0 Å². The summed E-state index contributed by atoms with van der Waals surface area (Å²) in [5, 5.41) is 0. The van der Waals surface area contributed by atoms with E-state index in [4.69, 9.17) is 0 Å². The van der Waals surface area contributed by atoms with Gasteiger partial charge in [-0.25, -0.2) is 0 Å². The molecule has 0 radical (unpaired) electrons. The van der Waals surface area contributed by atoms with Crippen LogP contribution in [0.4, 0.5) is 0 Å². The van der Waals surface area contributed by atoms with Crippen molar-refractivity contribution in [3.8, 4) is 0 Å². The predicted molar refractivity (Wildman–Crippen MR) is 66.5 cm³/mol. The molecule has 1 aliphatic carbocycles. The first-order chi connectivity index (χ1) is 6.59. The maximum absolute atomic E-state index is 2.41. The van der Waals surface area contributed by atoms with Gasteiger partial charge in [-0.15, -0.1) is 0 Å². The molecule has 0 aromatic rings. The zero-order valence-corrected chi connectivity index (χ0v) is 11.2. The molecule has 0 nitrogen and oxygen atoms in total. The third kappa shape index (κ3) is 3.00. The van der Waals surface area contributed by atoms with Gasteiger partial charge in [-0.2, -0.15) is 0 Å². The predicted octanol–water partition coefficient (Wildman–Crippen LogP) is 5.28. The van der Waals surface area contributed by atoms with Gasteiger partial charge < -0.3 is 0 Å². The van der Waals surface area contributed by atoms with Gasteiger partial charge in [-0.1, -0.05) is 60.8 Å². The quantitative estimate of drug-likeness (QED) is 0.566. The molecular weight excluding hydrogens is 168 g/mol. The van der Waals surface area contributed by atoms with Crippen molar-refractivity contribution in [1.29, 1.82) is 0 Å². The van der Waals surface area contributed by atoms with E-state index in [1.54, 1.807) is 0 Å². The lowest BCUT2D eigenvalue weighted by Gasteiger charge is -2.44. The fourth-order valence-corrected chi connectivity index (χ4v) is 3.03. The van der Waals surface area contributed by atoms with E-state index in [0.29, 0.717) is 5.41 Å². The average molecular weight is 198 g/mol. The monoisotopic (exact) mass is 198 g/mol. The molecule has 0 saturated heterocycles. The first kappa shape index (κ1) is 14.0. The summed E-state index contributed by atoms with van der Waals surface area (Å²) in [6.45, 7) is 13.6. The Bertz CT molecular complexity index is 117. The maximum atomic E-state index is 2.41. The molecule has 0 unspecified atom stereocenters. The average Bonchev–Trinajstić information content (AvgIpc) is 2.21. The van der Waals surface area contributed by atoms with Crippen molar-refractivity contribution in [3.63, 3.8) is 0 Å². The van der Waals surface area contributed by atoms with E-state index in [1.807, 2.05) is 13.8 Å². The minimum atomic E-state index is 0.679. The van der Waals surface area contributed by atoms with E-state index < -0.39 is 0 Å². The van der Waals surface area contributed by atoms with Crippen LogP contribution >= 0.6 is 0 Å². The summed E-state index contributed by atoms with van der Waals surface area (Å²) in [6.07, 6.45) is 7.36. The maximum Gasteiger partial charge on any atom is -0.0251 e. The minimum Gasteiger partial charge on any atom is -0.0683 e. The van der Waals surface area contributed by atoms with Crippen molar-refractivity contribution in [1.82, 2.24) is 0 Å². The van der Waals surface area contributed by atoms with Crippen molar-refractivity contribution in [3.05, 3.63) is 0 Å². The Hall–Kier alpha value is 0. The van der Waals surface area contributed by atoms with Crippen LogP contribution in [0.25, 0.3) is 0 Å². The SMILES string of the molecule is CC.CC(C)C1(C(C)C)CCCCC1.